The Kier molecular flexibility index (Phi) is 7.32. The lowest BCUT2D eigenvalue weighted by Crippen LogP contribution is -2.42. The number of nitrogens with zero attached hydrogens (tertiary/aromatic N) is 2. The average Bonchev–Trinajstić information content (AvgIpc) is 2.89. The van der Waals surface area contributed by atoms with Crippen LogP contribution in [0.15, 0.2) is 87.8 Å². The van der Waals surface area contributed by atoms with Crippen molar-refractivity contribution in [3.05, 3.63) is 116 Å². The molecule has 5 rings (SSSR count). The second kappa shape index (κ2) is 10.6. The molecule has 0 amide bonds. The van der Waals surface area contributed by atoms with Crippen LogP contribution in [0.2, 0.25) is 0 Å². The number of halogens is 2. The Morgan fingerprint density at radius 1 is 1.10 bits per heavy atom. The van der Waals surface area contributed by atoms with Crippen molar-refractivity contribution in [1.29, 1.82) is 5.26 Å². The van der Waals surface area contributed by atoms with Crippen molar-refractivity contribution in [1.82, 2.24) is 0 Å². The fourth-order valence-corrected chi connectivity index (χ4v) is 6.07. The number of hydrogen-bond acceptors (Lipinski definition) is 5. The predicted molar refractivity (Wildman–Crippen MR) is 158 cm³/mol. The highest BCUT2D eigenvalue weighted by Crippen LogP contribution is 2.51. The summed E-state index contributed by atoms with van der Waals surface area (Å²) >= 11 is 3.49. The maximum atomic E-state index is 13.9. The Balaban J connectivity index is 1.66. The van der Waals surface area contributed by atoms with Gasteiger partial charge in [0, 0.05) is 27.9 Å². The van der Waals surface area contributed by atoms with Crippen molar-refractivity contribution < 1.29 is 13.9 Å². The maximum absolute atomic E-state index is 13.9. The average molecular weight is 601 g/mol. The molecular weight excluding hydrogens is 569 g/mol. The molecule has 5 nitrogen and oxygen atoms in total. The zero-order valence-corrected chi connectivity index (χ0v) is 24.6. The van der Waals surface area contributed by atoms with Gasteiger partial charge >= 0.3 is 0 Å². The smallest absolute Gasteiger partial charge is 0.162 e. The van der Waals surface area contributed by atoms with Gasteiger partial charge in [0.15, 0.2) is 5.78 Å². The first-order chi connectivity index (χ1) is 19.0. The van der Waals surface area contributed by atoms with E-state index in [1.807, 2.05) is 55.1 Å². The van der Waals surface area contributed by atoms with E-state index in [2.05, 4.69) is 35.8 Å². The first kappa shape index (κ1) is 27.7. The van der Waals surface area contributed by atoms with E-state index >= 15 is 0 Å². The largest absolute Gasteiger partial charge is 0.489 e. The summed E-state index contributed by atoms with van der Waals surface area (Å²) in [7, 11) is 0. The molecule has 1 aliphatic carbocycles. The fraction of sp³-hybridized carbons (Fsp3) is 0.273. The van der Waals surface area contributed by atoms with Crippen LogP contribution in [0.25, 0.3) is 0 Å². The van der Waals surface area contributed by atoms with E-state index in [-0.39, 0.29) is 23.6 Å². The Labute approximate surface area is 242 Å². The van der Waals surface area contributed by atoms with Crippen LogP contribution in [-0.4, -0.2) is 5.78 Å². The Morgan fingerprint density at radius 3 is 2.42 bits per heavy atom. The van der Waals surface area contributed by atoms with Gasteiger partial charge in [0.1, 0.15) is 24.0 Å². The first-order valence-corrected chi connectivity index (χ1v) is 14.0. The number of carbonyl (C=O) groups is 1. The van der Waals surface area contributed by atoms with E-state index in [1.54, 1.807) is 12.1 Å². The van der Waals surface area contributed by atoms with Crippen LogP contribution in [0.3, 0.4) is 0 Å². The van der Waals surface area contributed by atoms with Crippen LogP contribution < -0.4 is 15.4 Å². The number of aryl methyl sites for hydroxylation is 1. The number of Topliss-reactive ketones (excluding diaryl/α,β-unsaturated/α-hetero) is 1. The number of anilines is 1. The fourth-order valence-electron chi connectivity index (χ4n) is 5.81. The number of allylic oxidation sites excluding steroid dienone is 3. The first-order valence-electron chi connectivity index (χ1n) is 13.2. The highest BCUT2D eigenvalue weighted by Gasteiger charge is 2.45. The lowest BCUT2D eigenvalue weighted by molar-refractivity contribution is -0.118. The minimum atomic E-state index is -0.584. The van der Waals surface area contributed by atoms with Gasteiger partial charge < -0.3 is 10.5 Å². The number of nitrogens with two attached hydrogens (primary N) is 1. The summed E-state index contributed by atoms with van der Waals surface area (Å²) in [5, 5.41) is 10.5. The molecule has 1 unspecified atom stereocenters. The molecule has 0 bridgehead atoms. The number of nitriles is 1. The van der Waals surface area contributed by atoms with Crippen molar-refractivity contribution in [3.8, 4) is 11.8 Å². The van der Waals surface area contributed by atoms with Gasteiger partial charge in [-0.05, 0) is 90.9 Å². The van der Waals surface area contributed by atoms with Gasteiger partial charge in [0.05, 0.1) is 17.6 Å². The van der Waals surface area contributed by atoms with E-state index in [1.165, 1.54) is 12.1 Å². The molecule has 1 atom stereocenters. The predicted octanol–water partition coefficient (Wildman–Crippen LogP) is 7.72. The molecule has 7 heteroatoms. The van der Waals surface area contributed by atoms with Gasteiger partial charge in [-0.25, -0.2) is 4.39 Å². The monoisotopic (exact) mass is 599 g/mol. The standard InChI is InChI=1S/C33H31BrFN3O2/c1-19-13-21(18-40-25-11-7-23(35)8-12-25)20(2)26(14-19)30-27(17-36)32(37)38(24-9-5-22(34)6-10-24)28-15-33(3,4)16-29(39)31(28)30/h5-14,30H,15-16,18,37H2,1-4H3. The van der Waals surface area contributed by atoms with Crippen LogP contribution in [0.5, 0.6) is 5.75 Å². The summed E-state index contributed by atoms with van der Waals surface area (Å²) in [6.45, 7) is 8.42. The minimum absolute atomic E-state index is 0.0311. The highest BCUT2D eigenvalue weighted by molar-refractivity contribution is 9.10. The molecule has 1 aliphatic heterocycles. The lowest BCUT2D eigenvalue weighted by atomic mass is 9.68. The number of carbonyl (C=O) groups excluding carboxylic acids is 1. The summed E-state index contributed by atoms with van der Waals surface area (Å²) in [6, 6.07) is 20.1. The van der Waals surface area contributed by atoms with E-state index in [4.69, 9.17) is 10.5 Å². The summed E-state index contributed by atoms with van der Waals surface area (Å²) in [6.07, 6.45) is 1.03. The topological polar surface area (TPSA) is 79.3 Å². The molecule has 0 saturated carbocycles. The van der Waals surface area contributed by atoms with Crippen LogP contribution in [0, 0.1) is 36.4 Å². The quantitative estimate of drug-likeness (QED) is 0.324. The second-order valence-corrected chi connectivity index (χ2v) is 12.3. The number of rotatable bonds is 5. The van der Waals surface area contributed by atoms with Gasteiger partial charge in [-0.3, -0.25) is 9.69 Å². The molecule has 1 heterocycles. The summed E-state index contributed by atoms with van der Waals surface area (Å²) in [5.41, 5.74) is 12.9. The normalized spacial score (nSPS) is 18.5. The summed E-state index contributed by atoms with van der Waals surface area (Å²) < 4.78 is 20.3. The molecule has 40 heavy (non-hydrogen) atoms. The van der Waals surface area contributed by atoms with Gasteiger partial charge in [-0.2, -0.15) is 5.26 Å². The molecule has 2 N–H and O–H groups in total. The zero-order chi connectivity index (χ0) is 28.8. The molecule has 204 valence electrons. The van der Waals surface area contributed by atoms with Gasteiger partial charge in [-0.1, -0.05) is 47.5 Å². The van der Waals surface area contributed by atoms with Crippen LogP contribution >= 0.6 is 15.9 Å². The van der Waals surface area contributed by atoms with E-state index in [0.29, 0.717) is 35.6 Å². The molecule has 0 radical (unpaired) electrons. The SMILES string of the molecule is Cc1cc(COc2ccc(F)cc2)c(C)c(C2C(C#N)=C(N)N(c3ccc(Br)cc3)C3=C2C(=O)CC(C)(C)C3)c1. The summed E-state index contributed by atoms with van der Waals surface area (Å²) in [4.78, 5) is 15.8. The van der Waals surface area contributed by atoms with Crippen molar-refractivity contribution in [3.63, 3.8) is 0 Å². The maximum Gasteiger partial charge on any atom is 0.162 e. The van der Waals surface area contributed by atoms with Crippen LogP contribution in [-0.2, 0) is 11.4 Å². The number of benzene rings is 3. The second-order valence-electron chi connectivity index (χ2n) is 11.3. The molecule has 0 fully saturated rings. The Bertz CT molecular complexity index is 1600. The third-order valence-corrected chi connectivity index (χ3v) is 8.21. The van der Waals surface area contributed by atoms with E-state index in [9.17, 15) is 14.4 Å². The molecule has 2 aliphatic rings. The van der Waals surface area contributed by atoms with Gasteiger partial charge in [0.2, 0.25) is 0 Å². The molecule has 3 aromatic rings. The molecule has 3 aromatic carbocycles. The number of ketones is 1. The molecule has 0 saturated heterocycles. The lowest BCUT2D eigenvalue weighted by Gasteiger charge is -2.44. The van der Waals surface area contributed by atoms with Crippen LogP contribution in [0.1, 0.15) is 54.9 Å². The molecular formula is C33H31BrFN3O2. The Hall–Kier alpha value is -3.89. The highest BCUT2D eigenvalue weighted by atomic mass is 79.9. The minimum Gasteiger partial charge on any atom is -0.489 e. The van der Waals surface area contributed by atoms with Gasteiger partial charge in [-0.15, -0.1) is 0 Å². The van der Waals surface area contributed by atoms with Gasteiger partial charge in [0.25, 0.3) is 0 Å². The van der Waals surface area contributed by atoms with Crippen LogP contribution in [0.4, 0.5) is 10.1 Å². The summed E-state index contributed by atoms with van der Waals surface area (Å²) in [5.74, 6) is 0.0179. The van der Waals surface area contributed by atoms with Crippen molar-refractivity contribution in [2.75, 3.05) is 4.90 Å². The molecule has 0 spiro atoms. The number of hydrogen-bond donors (Lipinski definition) is 1. The Morgan fingerprint density at radius 2 is 1.77 bits per heavy atom. The molecule has 0 aromatic heterocycles. The third kappa shape index (κ3) is 5.16. The van der Waals surface area contributed by atoms with E-state index < -0.39 is 5.92 Å². The van der Waals surface area contributed by atoms with Crippen molar-refractivity contribution >= 4 is 27.4 Å². The number of ether oxygens (including phenoxy) is 1. The third-order valence-electron chi connectivity index (χ3n) is 7.68. The van der Waals surface area contributed by atoms with Crippen molar-refractivity contribution in [2.45, 2.75) is 53.1 Å². The van der Waals surface area contributed by atoms with Crippen molar-refractivity contribution in [2.24, 2.45) is 11.1 Å². The zero-order valence-electron chi connectivity index (χ0n) is 23.0. The van der Waals surface area contributed by atoms with E-state index in [0.717, 1.165) is 38.1 Å².